The van der Waals surface area contributed by atoms with Gasteiger partial charge in [0.25, 0.3) is 5.56 Å². The lowest BCUT2D eigenvalue weighted by Crippen LogP contribution is -2.19. The largest absolute Gasteiger partial charge is 0.495 e. The highest BCUT2D eigenvalue weighted by atomic mass is 32.2. The fourth-order valence-electron chi connectivity index (χ4n) is 3.84. The third-order valence-corrected chi connectivity index (χ3v) is 7.12. The summed E-state index contributed by atoms with van der Waals surface area (Å²) in [6, 6.07) is 5.11. The van der Waals surface area contributed by atoms with Crippen LogP contribution in [0.1, 0.15) is 30.8 Å². The number of nitrogens with zero attached hydrogens (tertiary/aromatic N) is 4. The molecule has 0 aliphatic heterocycles. The third-order valence-electron chi connectivity index (χ3n) is 6.00. The molecule has 0 saturated heterocycles. The van der Waals surface area contributed by atoms with Gasteiger partial charge < -0.3 is 14.0 Å². The van der Waals surface area contributed by atoms with Crippen molar-refractivity contribution in [2.45, 2.75) is 31.1 Å². The van der Waals surface area contributed by atoms with Crippen LogP contribution < -0.4 is 15.0 Å². The Bertz CT molecular complexity index is 1370. The Morgan fingerprint density at radius 1 is 1.21 bits per heavy atom. The Hall–Kier alpha value is -3.27. The molecule has 0 spiro atoms. The van der Waals surface area contributed by atoms with Crippen LogP contribution in [0.4, 0.5) is 0 Å². The van der Waals surface area contributed by atoms with Crippen molar-refractivity contribution in [1.82, 2.24) is 19.5 Å². The highest BCUT2D eigenvalue weighted by Crippen LogP contribution is 2.58. The first-order valence-electron chi connectivity index (χ1n) is 10.4. The Labute approximate surface area is 192 Å². The van der Waals surface area contributed by atoms with Gasteiger partial charge in [-0.15, -0.1) is 0 Å². The van der Waals surface area contributed by atoms with Crippen molar-refractivity contribution in [2.75, 3.05) is 20.0 Å². The number of aryl methyl sites for hydroxylation is 2. The molecular formula is C23H26N4O5S. The van der Waals surface area contributed by atoms with E-state index in [1.807, 2.05) is 12.1 Å². The predicted octanol–water partition coefficient (Wildman–Crippen LogP) is 2.53. The Kier molecular flexibility index (Phi) is 5.73. The highest BCUT2D eigenvalue weighted by Gasteiger charge is 2.52. The molecule has 0 bridgehead atoms. The molecule has 3 aromatic rings. The molecular weight excluding hydrogens is 444 g/mol. The number of pyridine rings is 2. The minimum Gasteiger partial charge on any atom is -0.495 e. The molecule has 174 valence electrons. The second-order valence-corrected chi connectivity index (χ2v) is 10.7. The lowest BCUT2D eigenvalue weighted by Gasteiger charge is -2.17. The zero-order valence-corrected chi connectivity index (χ0v) is 20.0. The molecule has 3 aromatic heterocycles. The van der Waals surface area contributed by atoms with E-state index in [1.165, 1.54) is 30.1 Å². The van der Waals surface area contributed by atoms with Crippen molar-refractivity contribution in [3.63, 3.8) is 0 Å². The Morgan fingerprint density at radius 3 is 2.61 bits per heavy atom. The number of aromatic nitrogens is 4. The molecule has 0 unspecified atom stereocenters. The normalized spacial score (nSPS) is 19.8. The molecule has 1 aliphatic carbocycles. The maximum Gasteiger partial charge on any atom is 0.250 e. The van der Waals surface area contributed by atoms with E-state index in [-0.39, 0.29) is 33.2 Å². The van der Waals surface area contributed by atoms with E-state index in [4.69, 9.17) is 9.47 Å². The van der Waals surface area contributed by atoms with Crippen LogP contribution in [-0.2, 0) is 16.9 Å². The van der Waals surface area contributed by atoms with Gasteiger partial charge in [0.05, 0.1) is 30.4 Å². The lowest BCUT2D eigenvalue weighted by molar-refractivity contribution is 0.234. The number of methoxy groups -OCH3 is 1. The average Bonchev–Trinajstić information content (AvgIpc) is 3.45. The lowest BCUT2D eigenvalue weighted by atomic mass is 10.1. The molecule has 0 radical (unpaired) electrons. The second-order valence-electron chi connectivity index (χ2n) is 8.73. The molecule has 2 atom stereocenters. The maximum absolute atomic E-state index is 12.4. The van der Waals surface area contributed by atoms with Crippen LogP contribution in [0, 0.1) is 12.3 Å². The number of rotatable bonds is 7. The van der Waals surface area contributed by atoms with Gasteiger partial charge in [-0.3, -0.25) is 9.78 Å². The minimum absolute atomic E-state index is 0.0137. The van der Waals surface area contributed by atoms with Gasteiger partial charge in [-0.05, 0) is 25.5 Å². The topological polar surface area (TPSA) is 113 Å². The summed E-state index contributed by atoms with van der Waals surface area (Å²) < 4.78 is 37.4. The van der Waals surface area contributed by atoms with Gasteiger partial charge >= 0.3 is 0 Å². The SMILES string of the molecule is COc1ccc([C@@H]2C[C@@]2(C)COc2nc(C)ncc2-c2cc(=O)n(C)cc2S(C)(=O)=O)nc1. The fraction of sp³-hybridized carbons (Fsp3) is 0.391. The summed E-state index contributed by atoms with van der Waals surface area (Å²) in [6.07, 6.45) is 6.50. The van der Waals surface area contributed by atoms with Gasteiger partial charge in [0.1, 0.15) is 11.6 Å². The van der Waals surface area contributed by atoms with Crippen LogP contribution in [0.3, 0.4) is 0 Å². The molecule has 9 nitrogen and oxygen atoms in total. The molecule has 0 aromatic carbocycles. The van der Waals surface area contributed by atoms with E-state index >= 15 is 0 Å². The van der Waals surface area contributed by atoms with E-state index in [9.17, 15) is 13.2 Å². The van der Waals surface area contributed by atoms with E-state index in [2.05, 4.69) is 21.9 Å². The van der Waals surface area contributed by atoms with Gasteiger partial charge in [-0.2, -0.15) is 4.98 Å². The molecule has 10 heteroatoms. The first-order chi connectivity index (χ1) is 15.5. The molecule has 33 heavy (non-hydrogen) atoms. The van der Waals surface area contributed by atoms with Crippen LogP contribution in [-0.4, -0.2) is 47.9 Å². The van der Waals surface area contributed by atoms with E-state index < -0.39 is 9.84 Å². The van der Waals surface area contributed by atoms with Gasteiger partial charge in [0.2, 0.25) is 5.88 Å². The molecule has 1 aliphatic rings. The van der Waals surface area contributed by atoms with Crippen molar-refractivity contribution in [3.8, 4) is 22.8 Å². The first-order valence-corrected chi connectivity index (χ1v) is 12.3. The number of hydrogen-bond donors (Lipinski definition) is 0. The predicted molar refractivity (Wildman–Crippen MR) is 122 cm³/mol. The van der Waals surface area contributed by atoms with Gasteiger partial charge in [-0.25, -0.2) is 13.4 Å². The number of hydrogen-bond acceptors (Lipinski definition) is 8. The van der Waals surface area contributed by atoms with E-state index in [0.29, 0.717) is 23.7 Å². The molecule has 3 heterocycles. The summed E-state index contributed by atoms with van der Waals surface area (Å²) in [6.45, 7) is 4.19. The van der Waals surface area contributed by atoms with Crippen molar-refractivity contribution >= 4 is 9.84 Å². The van der Waals surface area contributed by atoms with Crippen LogP contribution in [0.25, 0.3) is 11.1 Å². The summed E-state index contributed by atoms with van der Waals surface area (Å²) in [7, 11) is -0.512. The van der Waals surface area contributed by atoms with Crippen LogP contribution >= 0.6 is 0 Å². The van der Waals surface area contributed by atoms with Crippen LogP contribution in [0.15, 0.2) is 46.5 Å². The molecule has 4 rings (SSSR count). The van der Waals surface area contributed by atoms with Crippen LogP contribution in [0.2, 0.25) is 0 Å². The summed E-state index contributed by atoms with van der Waals surface area (Å²) in [5.41, 5.74) is 1.06. The van der Waals surface area contributed by atoms with Crippen LogP contribution in [0.5, 0.6) is 11.6 Å². The minimum atomic E-state index is -3.62. The third kappa shape index (κ3) is 4.61. The van der Waals surface area contributed by atoms with Crippen molar-refractivity contribution in [1.29, 1.82) is 0 Å². The van der Waals surface area contributed by atoms with Gasteiger partial charge in [0.15, 0.2) is 9.84 Å². The smallest absolute Gasteiger partial charge is 0.250 e. The zero-order valence-electron chi connectivity index (χ0n) is 19.2. The molecule has 1 fully saturated rings. The Balaban J connectivity index is 1.64. The van der Waals surface area contributed by atoms with E-state index in [0.717, 1.165) is 18.4 Å². The Morgan fingerprint density at radius 2 is 1.97 bits per heavy atom. The average molecular weight is 471 g/mol. The molecule has 1 saturated carbocycles. The molecule has 0 amide bonds. The first kappa shape index (κ1) is 22.9. The maximum atomic E-state index is 12.4. The number of ether oxygens (including phenoxy) is 2. The zero-order chi connectivity index (χ0) is 24.0. The molecule has 0 N–H and O–H groups in total. The fourth-order valence-corrected chi connectivity index (χ4v) is 4.75. The van der Waals surface area contributed by atoms with Crippen molar-refractivity contribution in [2.24, 2.45) is 12.5 Å². The van der Waals surface area contributed by atoms with Gasteiger partial charge in [-0.1, -0.05) is 6.92 Å². The summed E-state index contributed by atoms with van der Waals surface area (Å²) >= 11 is 0. The monoisotopic (exact) mass is 470 g/mol. The van der Waals surface area contributed by atoms with Gasteiger partial charge in [0, 0.05) is 54.4 Å². The standard InChI is InChI=1S/C23H26N4O5S/c1-14-24-11-17(16-8-21(28)27(3)12-20(16)33(5,29)30)22(26-14)32-13-23(2)9-18(23)19-7-6-15(31-4)10-25-19/h6-8,10-12,18H,9,13H2,1-5H3/t18-,23-/m0/s1. The summed E-state index contributed by atoms with van der Waals surface area (Å²) in [5, 5.41) is 0. The van der Waals surface area contributed by atoms with E-state index in [1.54, 1.807) is 20.2 Å². The number of sulfone groups is 1. The van der Waals surface area contributed by atoms with Crippen molar-refractivity contribution < 1.29 is 17.9 Å². The summed E-state index contributed by atoms with van der Waals surface area (Å²) in [5.74, 6) is 1.66. The highest BCUT2D eigenvalue weighted by molar-refractivity contribution is 7.90. The van der Waals surface area contributed by atoms with Crippen molar-refractivity contribution in [3.05, 3.63) is 58.7 Å². The summed E-state index contributed by atoms with van der Waals surface area (Å²) in [4.78, 5) is 25.4. The second kappa shape index (κ2) is 8.26. The quantitative estimate of drug-likeness (QED) is 0.518.